The number of rotatable bonds is 7. The van der Waals surface area contributed by atoms with Gasteiger partial charge in [-0.15, -0.1) is 0 Å². The molecule has 0 spiro atoms. The molecule has 0 atom stereocenters. The fraction of sp³-hybridized carbons (Fsp3) is 0.167. The molecule has 7 heteroatoms. The van der Waals surface area contributed by atoms with Gasteiger partial charge in [0.05, 0.1) is 5.69 Å². The molecule has 2 aromatic heterocycles. The molecule has 0 aliphatic rings. The number of imidazole rings is 1. The molecule has 2 N–H and O–H groups in total. The number of aromatic nitrogens is 4. The molecule has 2 aromatic carbocycles. The zero-order chi connectivity index (χ0) is 21.6. The summed E-state index contributed by atoms with van der Waals surface area (Å²) in [4.78, 5) is 25.3. The highest BCUT2D eigenvalue weighted by atomic mass is 16.1. The standard InChI is InChI=1S/C24H24N6O/c1-17-18(2)30(16-29-17)23-14-22(27-15-28-23)25-12-13-26-24(31)21-10-8-20(9-11-21)19-6-4-3-5-7-19/h3-11,14-16H,12-13H2,1-2H3,(H,26,31)(H,25,27,28). The van der Waals surface area contributed by atoms with E-state index in [1.165, 1.54) is 6.33 Å². The molecule has 7 nitrogen and oxygen atoms in total. The third-order valence-corrected chi connectivity index (χ3v) is 5.12. The molecule has 4 aromatic rings. The van der Waals surface area contributed by atoms with Gasteiger partial charge in [-0.25, -0.2) is 15.0 Å². The van der Waals surface area contributed by atoms with E-state index in [1.54, 1.807) is 6.33 Å². The van der Waals surface area contributed by atoms with Crippen LogP contribution in [0.1, 0.15) is 21.7 Å². The van der Waals surface area contributed by atoms with Crippen molar-refractivity contribution in [2.24, 2.45) is 0 Å². The van der Waals surface area contributed by atoms with E-state index in [9.17, 15) is 4.79 Å². The van der Waals surface area contributed by atoms with Crippen molar-refractivity contribution >= 4 is 11.7 Å². The number of hydrogen-bond donors (Lipinski definition) is 2. The number of benzene rings is 2. The molecular formula is C24H24N6O. The summed E-state index contributed by atoms with van der Waals surface area (Å²) in [6, 6.07) is 19.6. The first-order valence-corrected chi connectivity index (χ1v) is 10.1. The van der Waals surface area contributed by atoms with E-state index in [-0.39, 0.29) is 5.91 Å². The zero-order valence-electron chi connectivity index (χ0n) is 17.5. The Morgan fingerprint density at radius 2 is 1.65 bits per heavy atom. The van der Waals surface area contributed by atoms with Crippen molar-refractivity contribution in [1.29, 1.82) is 0 Å². The Balaban J connectivity index is 1.29. The Bertz CT molecular complexity index is 1170. The first kappa shape index (κ1) is 20.3. The molecule has 2 heterocycles. The monoisotopic (exact) mass is 412 g/mol. The molecule has 0 unspecified atom stereocenters. The summed E-state index contributed by atoms with van der Waals surface area (Å²) < 4.78 is 1.92. The van der Waals surface area contributed by atoms with Crippen LogP contribution in [0.2, 0.25) is 0 Å². The van der Waals surface area contributed by atoms with E-state index < -0.39 is 0 Å². The van der Waals surface area contributed by atoms with Crippen molar-refractivity contribution in [3.05, 3.63) is 90.3 Å². The quantitative estimate of drug-likeness (QED) is 0.451. The molecule has 156 valence electrons. The number of aryl methyl sites for hydroxylation is 1. The van der Waals surface area contributed by atoms with Crippen molar-refractivity contribution in [3.8, 4) is 16.9 Å². The number of amides is 1. The fourth-order valence-electron chi connectivity index (χ4n) is 3.22. The fourth-order valence-corrected chi connectivity index (χ4v) is 3.22. The Hall–Kier alpha value is -4.00. The smallest absolute Gasteiger partial charge is 0.251 e. The number of carbonyl (C=O) groups is 1. The highest BCUT2D eigenvalue weighted by molar-refractivity contribution is 5.94. The van der Waals surface area contributed by atoms with E-state index in [0.717, 1.165) is 28.3 Å². The summed E-state index contributed by atoms with van der Waals surface area (Å²) in [6.45, 7) is 4.98. The minimum absolute atomic E-state index is 0.102. The van der Waals surface area contributed by atoms with Gasteiger partial charge in [-0.1, -0.05) is 42.5 Å². The average Bonchev–Trinajstić information content (AvgIpc) is 3.15. The van der Waals surface area contributed by atoms with Crippen molar-refractivity contribution in [3.63, 3.8) is 0 Å². The highest BCUT2D eigenvalue weighted by Crippen LogP contribution is 2.19. The maximum atomic E-state index is 12.4. The van der Waals surface area contributed by atoms with Crippen LogP contribution in [0.4, 0.5) is 5.82 Å². The molecule has 0 aliphatic heterocycles. The molecule has 1 amide bonds. The van der Waals surface area contributed by atoms with Gasteiger partial charge in [-0.2, -0.15) is 0 Å². The van der Waals surface area contributed by atoms with Crippen LogP contribution in [0, 0.1) is 13.8 Å². The van der Waals surface area contributed by atoms with Gasteiger partial charge in [0.15, 0.2) is 0 Å². The number of hydrogen-bond acceptors (Lipinski definition) is 5. The summed E-state index contributed by atoms with van der Waals surface area (Å²) in [5.74, 6) is 1.34. The van der Waals surface area contributed by atoms with Gasteiger partial charge in [0.2, 0.25) is 0 Å². The molecule has 0 saturated carbocycles. The maximum Gasteiger partial charge on any atom is 0.251 e. The summed E-state index contributed by atoms with van der Waals surface area (Å²) in [7, 11) is 0. The molecule has 0 saturated heterocycles. The molecule has 0 fully saturated rings. The molecule has 0 bridgehead atoms. The molecule has 31 heavy (non-hydrogen) atoms. The Morgan fingerprint density at radius 1 is 0.903 bits per heavy atom. The largest absolute Gasteiger partial charge is 0.368 e. The Labute approximate surface area is 181 Å². The number of carbonyl (C=O) groups excluding carboxylic acids is 1. The van der Waals surface area contributed by atoms with E-state index in [2.05, 4.69) is 37.7 Å². The topological polar surface area (TPSA) is 84.7 Å². The summed E-state index contributed by atoms with van der Waals surface area (Å²) in [5, 5.41) is 6.15. The third kappa shape index (κ3) is 4.78. The molecule has 0 radical (unpaired) electrons. The predicted octanol–water partition coefficient (Wildman–Crippen LogP) is 3.79. The zero-order valence-corrected chi connectivity index (χ0v) is 17.5. The third-order valence-electron chi connectivity index (χ3n) is 5.12. The summed E-state index contributed by atoms with van der Waals surface area (Å²) in [5.41, 5.74) is 4.85. The van der Waals surface area contributed by atoms with Gasteiger partial charge >= 0.3 is 0 Å². The van der Waals surface area contributed by atoms with Crippen LogP contribution < -0.4 is 10.6 Å². The van der Waals surface area contributed by atoms with Crippen LogP contribution >= 0.6 is 0 Å². The van der Waals surface area contributed by atoms with Crippen molar-refractivity contribution < 1.29 is 4.79 Å². The number of nitrogens with one attached hydrogen (secondary N) is 2. The molecule has 0 aliphatic carbocycles. The first-order chi connectivity index (χ1) is 15.1. The van der Waals surface area contributed by atoms with Crippen LogP contribution in [-0.2, 0) is 0 Å². The predicted molar refractivity (Wildman–Crippen MR) is 121 cm³/mol. The average molecular weight is 412 g/mol. The molecular weight excluding hydrogens is 388 g/mol. The lowest BCUT2D eigenvalue weighted by molar-refractivity contribution is 0.0955. The van der Waals surface area contributed by atoms with Gasteiger partial charge < -0.3 is 10.6 Å². The van der Waals surface area contributed by atoms with Gasteiger partial charge in [0.25, 0.3) is 5.91 Å². The minimum Gasteiger partial charge on any atom is -0.368 e. The lowest BCUT2D eigenvalue weighted by Crippen LogP contribution is -2.28. The van der Waals surface area contributed by atoms with E-state index in [4.69, 9.17) is 0 Å². The second-order valence-corrected chi connectivity index (χ2v) is 7.17. The van der Waals surface area contributed by atoms with Crippen molar-refractivity contribution in [2.45, 2.75) is 13.8 Å². The number of anilines is 1. The maximum absolute atomic E-state index is 12.4. The second kappa shape index (κ2) is 9.21. The SMILES string of the molecule is Cc1ncn(-c2cc(NCCNC(=O)c3ccc(-c4ccccc4)cc3)ncn2)c1C. The summed E-state index contributed by atoms with van der Waals surface area (Å²) >= 11 is 0. The van der Waals surface area contributed by atoms with Gasteiger partial charge in [-0.05, 0) is 37.1 Å². The van der Waals surface area contributed by atoms with Gasteiger partial charge in [0.1, 0.15) is 24.3 Å². The first-order valence-electron chi connectivity index (χ1n) is 10.1. The van der Waals surface area contributed by atoms with Crippen LogP contribution in [-0.4, -0.2) is 38.5 Å². The Kier molecular flexibility index (Phi) is 6.03. The van der Waals surface area contributed by atoms with Gasteiger partial charge in [-0.3, -0.25) is 9.36 Å². The van der Waals surface area contributed by atoms with E-state index in [0.29, 0.717) is 24.5 Å². The summed E-state index contributed by atoms with van der Waals surface area (Å²) in [6.07, 6.45) is 3.26. The highest BCUT2D eigenvalue weighted by Gasteiger charge is 2.08. The normalized spacial score (nSPS) is 10.6. The van der Waals surface area contributed by atoms with Crippen LogP contribution in [0.25, 0.3) is 16.9 Å². The van der Waals surface area contributed by atoms with E-state index in [1.807, 2.05) is 66.9 Å². The second-order valence-electron chi connectivity index (χ2n) is 7.17. The van der Waals surface area contributed by atoms with Gasteiger partial charge in [0, 0.05) is 30.4 Å². The minimum atomic E-state index is -0.102. The van der Waals surface area contributed by atoms with Crippen LogP contribution in [0.3, 0.4) is 0 Å². The number of nitrogens with zero attached hydrogens (tertiary/aromatic N) is 4. The molecule has 4 rings (SSSR count). The van der Waals surface area contributed by atoms with Crippen LogP contribution in [0.5, 0.6) is 0 Å². The van der Waals surface area contributed by atoms with Crippen LogP contribution in [0.15, 0.2) is 73.3 Å². The lowest BCUT2D eigenvalue weighted by atomic mass is 10.0. The van der Waals surface area contributed by atoms with Crippen molar-refractivity contribution in [2.75, 3.05) is 18.4 Å². The van der Waals surface area contributed by atoms with Crippen molar-refractivity contribution in [1.82, 2.24) is 24.8 Å². The Morgan fingerprint density at radius 3 is 2.35 bits per heavy atom. The van der Waals surface area contributed by atoms with E-state index >= 15 is 0 Å². The lowest BCUT2D eigenvalue weighted by Gasteiger charge is -2.10.